The normalized spacial score (nSPS) is 9.59. The number of nitrogens with one attached hydrogen (secondary N) is 1. The van der Waals surface area contributed by atoms with Crippen LogP contribution in [0.25, 0.3) is 0 Å². The van der Waals surface area contributed by atoms with Gasteiger partial charge in [0.15, 0.2) is 0 Å². The molecule has 90 valence electrons. The number of ether oxygens (including phenoxy) is 1. The molecule has 1 aromatic carbocycles. The molecule has 0 saturated carbocycles. The lowest BCUT2D eigenvalue weighted by Gasteiger charge is -2.08. The Hall–Kier alpha value is -1.37. The Bertz CT molecular complexity index is 483. The standard InChI is InChI=1S/C12H12INO3/c1-7(2)11(15)14-10-6-8(12(16)17-3)4-5-9(10)13/h4-6H,1H2,2-3H3,(H,14,15). The first-order chi connectivity index (χ1) is 7.95. The van der Waals surface area contributed by atoms with Crippen molar-refractivity contribution >= 4 is 40.2 Å². The summed E-state index contributed by atoms with van der Waals surface area (Å²) in [6, 6.07) is 4.96. The Morgan fingerprint density at radius 3 is 2.59 bits per heavy atom. The third-order valence-corrected chi connectivity index (χ3v) is 2.96. The zero-order valence-corrected chi connectivity index (χ0v) is 11.7. The van der Waals surface area contributed by atoms with Gasteiger partial charge in [0.2, 0.25) is 0 Å². The summed E-state index contributed by atoms with van der Waals surface area (Å²) in [6.45, 7) is 5.17. The number of methoxy groups -OCH3 is 1. The van der Waals surface area contributed by atoms with Crippen molar-refractivity contribution in [1.29, 1.82) is 0 Å². The molecule has 0 bridgehead atoms. The van der Waals surface area contributed by atoms with Crippen LogP contribution in [0.4, 0.5) is 5.69 Å². The molecule has 5 heteroatoms. The Labute approximate surface area is 113 Å². The van der Waals surface area contributed by atoms with E-state index in [1.54, 1.807) is 25.1 Å². The highest BCUT2D eigenvalue weighted by atomic mass is 127. The van der Waals surface area contributed by atoms with Crippen LogP contribution < -0.4 is 5.32 Å². The number of carbonyl (C=O) groups is 2. The maximum Gasteiger partial charge on any atom is 0.337 e. The summed E-state index contributed by atoms with van der Waals surface area (Å²) < 4.78 is 5.45. The van der Waals surface area contributed by atoms with Gasteiger partial charge < -0.3 is 10.1 Å². The molecule has 0 atom stereocenters. The predicted octanol–water partition coefficient (Wildman–Crippen LogP) is 2.59. The van der Waals surface area contributed by atoms with Crippen molar-refractivity contribution in [3.05, 3.63) is 39.5 Å². The summed E-state index contributed by atoms with van der Waals surface area (Å²) in [6.07, 6.45) is 0. The van der Waals surface area contributed by atoms with Gasteiger partial charge in [0.25, 0.3) is 5.91 Å². The fraction of sp³-hybridized carbons (Fsp3) is 0.167. The van der Waals surface area contributed by atoms with E-state index in [-0.39, 0.29) is 5.91 Å². The van der Waals surface area contributed by atoms with Crippen LogP contribution >= 0.6 is 22.6 Å². The van der Waals surface area contributed by atoms with E-state index < -0.39 is 5.97 Å². The largest absolute Gasteiger partial charge is 0.465 e. The molecule has 0 radical (unpaired) electrons. The molecule has 0 aliphatic rings. The highest BCUT2D eigenvalue weighted by molar-refractivity contribution is 14.1. The van der Waals surface area contributed by atoms with Gasteiger partial charge in [0.05, 0.1) is 18.4 Å². The van der Waals surface area contributed by atoms with E-state index in [4.69, 9.17) is 0 Å². The van der Waals surface area contributed by atoms with Crippen molar-refractivity contribution in [2.75, 3.05) is 12.4 Å². The van der Waals surface area contributed by atoms with Crippen LogP contribution in [0.5, 0.6) is 0 Å². The minimum atomic E-state index is -0.438. The maximum atomic E-state index is 11.5. The minimum Gasteiger partial charge on any atom is -0.465 e. The van der Waals surface area contributed by atoms with Crippen LogP contribution in [-0.4, -0.2) is 19.0 Å². The Balaban J connectivity index is 3.02. The molecule has 0 aliphatic carbocycles. The van der Waals surface area contributed by atoms with E-state index in [1.165, 1.54) is 7.11 Å². The maximum absolute atomic E-state index is 11.5. The van der Waals surface area contributed by atoms with Gasteiger partial charge in [0, 0.05) is 9.14 Å². The first kappa shape index (κ1) is 13.7. The SMILES string of the molecule is C=C(C)C(=O)Nc1cc(C(=O)OC)ccc1I. The quantitative estimate of drug-likeness (QED) is 0.521. The summed E-state index contributed by atoms with van der Waals surface area (Å²) in [4.78, 5) is 22.8. The molecule has 0 saturated heterocycles. The van der Waals surface area contributed by atoms with Crippen LogP contribution in [0, 0.1) is 3.57 Å². The lowest BCUT2D eigenvalue weighted by molar-refractivity contribution is -0.112. The van der Waals surface area contributed by atoms with Crippen molar-refractivity contribution in [3.8, 4) is 0 Å². The third kappa shape index (κ3) is 3.55. The molecule has 17 heavy (non-hydrogen) atoms. The lowest BCUT2D eigenvalue weighted by Crippen LogP contribution is -2.13. The second-order valence-electron chi connectivity index (χ2n) is 3.42. The van der Waals surface area contributed by atoms with Crippen molar-refractivity contribution in [2.24, 2.45) is 0 Å². The first-order valence-electron chi connectivity index (χ1n) is 4.80. The molecular weight excluding hydrogens is 333 g/mol. The average molecular weight is 345 g/mol. The number of rotatable bonds is 3. The Morgan fingerprint density at radius 1 is 1.41 bits per heavy atom. The topological polar surface area (TPSA) is 55.4 Å². The molecule has 1 N–H and O–H groups in total. The van der Waals surface area contributed by atoms with E-state index in [9.17, 15) is 9.59 Å². The molecule has 1 aromatic rings. The second kappa shape index (κ2) is 5.81. The monoisotopic (exact) mass is 345 g/mol. The molecule has 0 unspecified atom stereocenters. The fourth-order valence-corrected chi connectivity index (χ4v) is 1.57. The molecule has 0 aromatic heterocycles. The number of benzene rings is 1. The van der Waals surface area contributed by atoms with Gasteiger partial charge in [-0.05, 0) is 47.7 Å². The zero-order valence-electron chi connectivity index (χ0n) is 9.54. The van der Waals surface area contributed by atoms with Gasteiger partial charge in [-0.25, -0.2) is 4.79 Å². The number of hydrogen-bond acceptors (Lipinski definition) is 3. The number of esters is 1. The number of halogens is 1. The molecule has 0 spiro atoms. The Morgan fingerprint density at radius 2 is 2.06 bits per heavy atom. The van der Waals surface area contributed by atoms with Gasteiger partial charge in [-0.15, -0.1) is 0 Å². The van der Waals surface area contributed by atoms with Gasteiger partial charge in [-0.3, -0.25) is 4.79 Å². The summed E-state index contributed by atoms with van der Waals surface area (Å²) >= 11 is 2.07. The van der Waals surface area contributed by atoms with Crippen LogP contribution in [0.2, 0.25) is 0 Å². The van der Waals surface area contributed by atoms with E-state index in [0.29, 0.717) is 16.8 Å². The molecule has 0 aliphatic heterocycles. The summed E-state index contributed by atoms with van der Waals surface area (Å²) in [5.74, 6) is -0.711. The third-order valence-electron chi connectivity index (χ3n) is 2.02. The second-order valence-corrected chi connectivity index (χ2v) is 4.58. The van der Waals surface area contributed by atoms with Crippen molar-refractivity contribution in [3.63, 3.8) is 0 Å². The van der Waals surface area contributed by atoms with Crippen molar-refractivity contribution < 1.29 is 14.3 Å². The first-order valence-corrected chi connectivity index (χ1v) is 5.88. The lowest BCUT2D eigenvalue weighted by atomic mass is 10.2. The smallest absolute Gasteiger partial charge is 0.337 e. The summed E-state index contributed by atoms with van der Waals surface area (Å²) in [5, 5.41) is 2.68. The molecule has 1 amide bonds. The van der Waals surface area contributed by atoms with Crippen molar-refractivity contribution in [2.45, 2.75) is 6.92 Å². The van der Waals surface area contributed by atoms with Gasteiger partial charge in [0.1, 0.15) is 0 Å². The molecule has 1 rings (SSSR count). The van der Waals surface area contributed by atoms with Crippen LogP contribution in [0.3, 0.4) is 0 Å². The summed E-state index contributed by atoms with van der Waals surface area (Å²) in [5.41, 5.74) is 1.37. The van der Waals surface area contributed by atoms with Crippen LogP contribution in [0.15, 0.2) is 30.4 Å². The molecule has 0 fully saturated rings. The number of anilines is 1. The average Bonchev–Trinajstić information content (AvgIpc) is 2.30. The van der Waals surface area contributed by atoms with E-state index >= 15 is 0 Å². The zero-order chi connectivity index (χ0) is 13.0. The van der Waals surface area contributed by atoms with Crippen LogP contribution in [0.1, 0.15) is 17.3 Å². The van der Waals surface area contributed by atoms with E-state index in [2.05, 4.69) is 39.2 Å². The minimum absolute atomic E-state index is 0.273. The number of carbonyl (C=O) groups excluding carboxylic acids is 2. The van der Waals surface area contributed by atoms with E-state index in [0.717, 1.165) is 3.57 Å². The highest BCUT2D eigenvalue weighted by Gasteiger charge is 2.10. The summed E-state index contributed by atoms with van der Waals surface area (Å²) in [7, 11) is 1.31. The van der Waals surface area contributed by atoms with Gasteiger partial charge in [-0.2, -0.15) is 0 Å². The Kier molecular flexibility index (Phi) is 4.68. The highest BCUT2D eigenvalue weighted by Crippen LogP contribution is 2.20. The molecule has 4 nitrogen and oxygen atoms in total. The number of amides is 1. The number of hydrogen-bond donors (Lipinski definition) is 1. The van der Waals surface area contributed by atoms with Gasteiger partial charge >= 0.3 is 5.97 Å². The van der Waals surface area contributed by atoms with Crippen molar-refractivity contribution in [1.82, 2.24) is 0 Å². The predicted molar refractivity (Wildman–Crippen MR) is 73.9 cm³/mol. The van der Waals surface area contributed by atoms with E-state index in [1.807, 2.05) is 0 Å². The van der Waals surface area contributed by atoms with Gasteiger partial charge in [-0.1, -0.05) is 6.58 Å². The molecule has 0 heterocycles. The fourth-order valence-electron chi connectivity index (χ4n) is 1.09. The molecular formula is C12H12INO3. The van der Waals surface area contributed by atoms with Crippen LogP contribution in [-0.2, 0) is 9.53 Å².